The van der Waals surface area contributed by atoms with Crippen molar-refractivity contribution >= 4 is 62.4 Å². The van der Waals surface area contributed by atoms with Crippen LogP contribution in [-0.4, -0.2) is 113 Å². The summed E-state index contributed by atoms with van der Waals surface area (Å²) in [5.41, 5.74) is -0.767. The number of sulfone groups is 1. The van der Waals surface area contributed by atoms with Crippen LogP contribution in [0.4, 0.5) is 24.5 Å². The topological polar surface area (TPSA) is 117 Å². The fraction of sp³-hybridized carbons (Fsp3) is 0.367. The quantitative estimate of drug-likeness (QED) is 0.0430. The van der Waals surface area contributed by atoms with Crippen LogP contribution in [0.1, 0.15) is 42.6 Å². The number of aliphatic hydroxyl groups is 1. The minimum atomic E-state index is -5.67. The van der Waals surface area contributed by atoms with E-state index in [4.69, 9.17) is 16.7 Å². The second kappa shape index (κ2) is 26.3. The normalized spacial score (nSPS) is 14.9. The lowest BCUT2D eigenvalue weighted by Gasteiger charge is -2.36. The van der Waals surface area contributed by atoms with E-state index in [0.717, 1.165) is 86.6 Å². The third-order valence-corrected chi connectivity index (χ3v) is 14.8. The molecule has 1 amide bonds. The van der Waals surface area contributed by atoms with E-state index >= 15 is 0 Å². The zero-order valence-electron chi connectivity index (χ0n) is 37.6. The minimum Gasteiger partial charge on any atom is -0.400 e. The number of aliphatic hydroxyl groups excluding tert-OH is 1. The number of thioether (sulfide) groups is 1. The fourth-order valence-electron chi connectivity index (χ4n) is 7.63. The predicted molar refractivity (Wildman–Crippen MR) is 266 cm³/mol. The summed E-state index contributed by atoms with van der Waals surface area (Å²) in [5, 5.41) is 14.0. The number of piperazine rings is 1. The van der Waals surface area contributed by atoms with E-state index in [2.05, 4.69) is 62.1 Å². The Hall–Kier alpha value is -4.26. The molecule has 2 aliphatic rings. The molecule has 5 aromatic carbocycles. The number of carbonyl (C=O) groups excluding carboxylic acids is 1. The molecule has 66 heavy (non-hydrogen) atoms. The van der Waals surface area contributed by atoms with Gasteiger partial charge in [0.25, 0.3) is 15.7 Å². The molecular weight excluding hydrogens is 925 g/mol. The van der Waals surface area contributed by atoms with E-state index in [1.165, 1.54) is 67.5 Å². The van der Waals surface area contributed by atoms with Crippen molar-refractivity contribution in [3.63, 3.8) is 0 Å². The first kappa shape index (κ1) is 52.7. The average molecular weight is 986 g/mol. The van der Waals surface area contributed by atoms with Crippen LogP contribution in [0.2, 0.25) is 5.02 Å². The summed E-state index contributed by atoms with van der Waals surface area (Å²) in [5.74, 6) is 0.0314. The number of halogens is 4. The summed E-state index contributed by atoms with van der Waals surface area (Å²) in [6.45, 7) is 13.7. The van der Waals surface area contributed by atoms with Crippen LogP contribution in [0.3, 0.4) is 0 Å². The van der Waals surface area contributed by atoms with Crippen molar-refractivity contribution in [1.29, 1.82) is 0 Å². The van der Waals surface area contributed by atoms with Gasteiger partial charge in [-0.1, -0.05) is 80.0 Å². The van der Waals surface area contributed by atoms with Crippen molar-refractivity contribution in [3.05, 3.63) is 137 Å². The molecule has 356 valence electrons. The highest BCUT2D eigenvalue weighted by molar-refractivity contribution is 7.99. The number of nitrogens with zero attached hydrogens (tertiary/aromatic N) is 3. The summed E-state index contributed by atoms with van der Waals surface area (Å²) < 4.78 is 68.5. The fourth-order valence-corrected chi connectivity index (χ4v) is 10.2. The van der Waals surface area contributed by atoms with Crippen LogP contribution in [0.25, 0.3) is 11.1 Å². The minimum absolute atomic E-state index is 0.135. The van der Waals surface area contributed by atoms with Crippen LogP contribution >= 0.6 is 35.3 Å². The van der Waals surface area contributed by atoms with Gasteiger partial charge in [0.15, 0.2) is 0 Å². The van der Waals surface area contributed by atoms with Crippen molar-refractivity contribution in [2.75, 3.05) is 82.0 Å². The van der Waals surface area contributed by atoms with Crippen LogP contribution in [0, 0.1) is 0 Å². The van der Waals surface area contributed by atoms with Gasteiger partial charge >= 0.3 is 5.51 Å². The van der Waals surface area contributed by atoms with E-state index in [1.54, 1.807) is 12.1 Å². The number of rotatable bonds is 16. The van der Waals surface area contributed by atoms with Crippen LogP contribution in [0.5, 0.6) is 0 Å². The first-order chi connectivity index (χ1) is 31.8. The van der Waals surface area contributed by atoms with E-state index in [-0.39, 0.29) is 17.1 Å². The number of hydrogen-bond acceptors (Lipinski definition) is 11. The number of nitrogens with one attached hydrogen (secondary N) is 3. The van der Waals surface area contributed by atoms with E-state index in [9.17, 15) is 26.4 Å². The van der Waals surface area contributed by atoms with Crippen molar-refractivity contribution in [1.82, 2.24) is 19.8 Å². The number of alkyl halides is 3. The van der Waals surface area contributed by atoms with Gasteiger partial charge < -0.3 is 25.5 Å². The van der Waals surface area contributed by atoms with Gasteiger partial charge in [-0.2, -0.15) is 13.2 Å². The molecule has 0 unspecified atom stereocenters. The van der Waals surface area contributed by atoms with Crippen LogP contribution in [0.15, 0.2) is 136 Å². The van der Waals surface area contributed by atoms with E-state index in [1.807, 2.05) is 72.8 Å². The van der Waals surface area contributed by atoms with E-state index < -0.39 is 26.1 Å². The number of carbonyl (C=O) groups is 1. The van der Waals surface area contributed by atoms with Crippen molar-refractivity contribution < 1.29 is 31.5 Å². The van der Waals surface area contributed by atoms with Gasteiger partial charge in [-0.25, -0.2) is 8.42 Å². The Labute approximate surface area is 401 Å². The maximum atomic E-state index is 13.6. The Kier molecular flexibility index (Phi) is 21.0. The number of piperidine rings is 1. The molecule has 4 N–H and O–H groups in total. The maximum absolute atomic E-state index is 13.6. The van der Waals surface area contributed by atoms with Crippen molar-refractivity contribution in [3.8, 4) is 11.1 Å². The summed E-state index contributed by atoms with van der Waals surface area (Å²) in [7, 11) is -4.67. The van der Waals surface area contributed by atoms with Gasteiger partial charge in [0.2, 0.25) is 0 Å². The standard InChI is InChI=1S/C39H36ClF3N4O3S3.C9H20N2.CH4O/c40-31-14-10-28(11-15-31)35-9-5-4-6-30(35)27-46-21-23-47(24-22-46)32-16-12-29(13-17-32)38(48)45-52-34-18-19-36(37(26-34)53(49,50)39(41,42)43)44-20-25-51-33-7-2-1-3-8-33;1-3-10-9-5-7-11(4-2)8-6-9;1-2/h1-19,26,44H,20-25,27H2,(H,45,48);9-10H,3-8H2,1-2H3;2H,1H3. The second-order valence-corrected chi connectivity index (χ2v) is 19.9. The number of amides is 1. The van der Waals surface area contributed by atoms with Crippen LogP contribution in [-0.2, 0) is 16.4 Å². The highest BCUT2D eigenvalue weighted by Crippen LogP contribution is 2.37. The van der Waals surface area contributed by atoms with Gasteiger partial charge in [-0.3, -0.25) is 14.4 Å². The first-order valence-electron chi connectivity index (χ1n) is 22.0. The number of hydrogen-bond donors (Lipinski definition) is 4. The molecule has 0 saturated carbocycles. The molecule has 7 rings (SSSR count). The highest BCUT2D eigenvalue weighted by atomic mass is 35.5. The van der Waals surface area contributed by atoms with Crippen molar-refractivity contribution in [2.45, 2.75) is 59.5 Å². The number of anilines is 2. The zero-order chi connectivity index (χ0) is 47.5. The molecule has 2 aliphatic heterocycles. The summed E-state index contributed by atoms with van der Waals surface area (Å²) in [6.07, 6.45) is 2.67. The highest BCUT2D eigenvalue weighted by Gasteiger charge is 2.48. The third kappa shape index (κ3) is 15.4. The van der Waals surface area contributed by atoms with Gasteiger partial charge in [0, 0.05) is 84.2 Å². The SMILES string of the molecule is CCNC1CCN(CC)CC1.CO.O=C(NSc1ccc(NCCSc2ccccc2)c(S(=O)(=O)C(F)(F)F)c1)c1ccc(N2CCN(Cc3ccccc3-c3ccc(Cl)cc3)CC2)cc1. The smallest absolute Gasteiger partial charge is 0.400 e. The largest absolute Gasteiger partial charge is 0.501 e. The molecule has 17 heteroatoms. The molecule has 2 heterocycles. The predicted octanol–water partition coefficient (Wildman–Crippen LogP) is 9.95. The van der Waals surface area contributed by atoms with E-state index in [0.29, 0.717) is 16.3 Å². The molecule has 2 fully saturated rings. The summed E-state index contributed by atoms with van der Waals surface area (Å²) in [6, 6.07) is 37.3. The Morgan fingerprint density at radius 2 is 1.44 bits per heavy atom. The molecule has 5 aromatic rings. The van der Waals surface area contributed by atoms with Crippen molar-refractivity contribution in [2.24, 2.45) is 0 Å². The number of benzene rings is 5. The van der Waals surface area contributed by atoms with Gasteiger partial charge in [-0.05, 0) is 134 Å². The Bertz CT molecular complexity index is 2350. The number of likely N-dealkylation sites (tertiary alicyclic amines) is 1. The lowest BCUT2D eigenvalue weighted by atomic mass is 9.99. The molecule has 0 aliphatic carbocycles. The molecule has 0 aromatic heterocycles. The second-order valence-electron chi connectivity index (χ2n) is 15.5. The Morgan fingerprint density at radius 1 is 0.788 bits per heavy atom. The molecule has 0 spiro atoms. The van der Waals surface area contributed by atoms with Gasteiger partial charge in [-0.15, -0.1) is 11.8 Å². The molecule has 0 radical (unpaired) electrons. The zero-order valence-corrected chi connectivity index (χ0v) is 40.8. The van der Waals surface area contributed by atoms with Crippen LogP contribution < -0.4 is 20.3 Å². The molecule has 10 nitrogen and oxygen atoms in total. The lowest BCUT2D eigenvalue weighted by molar-refractivity contribution is -0.0435. The van der Waals surface area contributed by atoms with Gasteiger partial charge in [0.05, 0.1) is 5.69 Å². The third-order valence-electron chi connectivity index (χ3n) is 11.2. The molecule has 0 bridgehead atoms. The first-order valence-corrected chi connectivity index (χ1v) is 25.7. The Balaban J connectivity index is 0.000000546. The van der Waals surface area contributed by atoms with Gasteiger partial charge in [0.1, 0.15) is 4.90 Å². The summed E-state index contributed by atoms with van der Waals surface area (Å²) >= 11 is 8.33. The molecule has 2 saturated heterocycles. The monoisotopic (exact) mass is 984 g/mol. The lowest BCUT2D eigenvalue weighted by Crippen LogP contribution is -2.46. The molecule has 0 atom stereocenters. The Morgan fingerprint density at radius 3 is 2.08 bits per heavy atom. The molecular formula is C49H60ClF3N6O4S3. The summed E-state index contributed by atoms with van der Waals surface area (Å²) in [4.78, 5) is 20.4. The maximum Gasteiger partial charge on any atom is 0.501 e. The average Bonchev–Trinajstić information content (AvgIpc) is 3.34.